The molecular formula is C17H19NO2. The summed E-state index contributed by atoms with van der Waals surface area (Å²) in [7, 11) is 3.95. The summed E-state index contributed by atoms with van der Waals surface area (Å²) in [4.78, 5) is 13.2. The maximum absolute atomic E-state index is 11.2. The Morgan fingerprint density at radius 1 is 1.15 bits per heavy atom. The normalized spacial score (nSPS) is 10.2. The molecule has 0 fully saturated rings. The fraction of sp³-hybridized carbons (Fsp3) is 0.235. The molecule has 3 heteroatoms. The first-order valence-corrected chi connectivity index (χ1v) is 6.55. The second-order valence-electron chi connectivity index (χ2n) is 4.96. The van der Waals surface area contributed by atoms with Gasteiger partial charge in [-0.1, -0.05) is 30.3 Å². The molecule has 0 spiro atoms. The van der Waals surface area contributed by atoms with Crippen LogP contribution in [0.4, 0.5) is 5.69 Å². The minimum absolute atomic E-state index is 0.456. The SMILES string of the molecule is Cc1cc(C=O)c(OCc2ccccc2)cc1N(C)C. The van der Waals surface area contributed by atoms with E-state index in [-0.39, 0.29) is 0 Å². The van der Waals surface area contributed by atoms with Gasteiger partial charge in [-0.3, -0.25) is 4.79 Å². The Labute approximate surface area is 119 Å². The quantitative estimate of drug-likeness (QED) is 0.779. The Bertz CT molecular complexity index is 591. The zero-order valence-electron chi connectivity index (χ0n) is 12.1. The van der Waals surface area contributed by atoms with Crippen molar-refractivity contribution in [2.24, 2.45) is 0 Å². The number of carbonyl (C=O) groups is 1. The molecule has 0 atom stereocenters. The molecule has 0 aromatic heterocycles. The molecule has 2 aromatic carbocycles. The average Bonchev–Trinajstić information content (AvgIpc) is 2.46. The molecule has 20 heavy (non-hydrogen) atoms. The van der Waals surface area contributed by atoms with Crippen LogP contribution >= 0.6 is 0 Å². The number of rotatable bonds is 5. The molecular weight excluding hydrogens is 250 g/mol. The zero-order chi connectivity index (χ0) is 14.5. The van der Waals surface area contributed by atoms with E-state index < -0.39 is 0 Å². The van der Waals surface area contributed by atoms with E-state index in [1.54, 1.807) is 0 Å². The molecule has 0 amide bonds. The van der Waals surface area contributed by atoms with Gasteiger partial charge < -0.3 is 9.64 Å². The Morgan fingerprint density at radius 3 is 2.45 bits per heavy atom. The van der Waals surface area contributed by atoms with Crippen LogP contribution in [0.15, 0.2) is 42.5 Å². The average molecular weight is 269 g/mol. The van der Waals surface area contributed by atoms with Gasteiger partial charge in [0.1, 0.15) is 12.4 Å². The molecule has 0 saturated carbocycles. The van der Waals surface area contributed by atoms with Crippen molar-refractivity contribution in [3.8, 4) is 5.75 Å². The van der Waals surface area contributed by atoms with Crippen LogP contribution in [0.25, 0.3) is 0 Å². The molecule has 0 unspecified atom stereocenters. The van der Waals surface area contributed by atoms with Crippen molar-refractivity contribution in [2.45, 2.75) is 13.5 Å². The summed E-state index contributed by atoms with van der Waals surface area (Å²) in [5.41, 5.74) is 3.78. The second-order valence-corrected chi connectivity index (χ2v) is 4.96. The molecule has 0 bridgehead atoms. The van der Waals surface area contributed by atoms with Crippen LogP contribution in [0.5, 0.6) is 5.75 Å². The molecule has 0 aliphatic carbocycles. The van der Waals surface area contributed by atoms with Gasteiger partial charge in [-0.15, -0.1) is 0 Å². The van der Waals surface area contributed by atoms with Crippen molar-refractivity contribution in [2.75, 3.05) is 19.0 Å². The van der Waals surface area contributed by atoms with Crippen molar-refractivity contribution in [3.63, 3.8) is 0 Å². The number of hydrogen-bond acceptors (Lipinski definition) is 3. The maximum Gasteiger partial charge on any atom is 0.153 e. The molecule has 0 saturated heterocycles. The van der Waals surface area contributed by atoms with Crippen LogP contribution in [0.3, 0.4) is 0 Å². The van der Waals surface area contributed by atoms with Crippen LogP contribution in [0.2, 0.25) is 0 Å². The number of nitrogens with zero attached hydrogens (tertiary/aromatic N) is 1. The Morgan fingerprint density at radius 2 is 1.85 bits per heavy atom. The van der Waals surface area contributed by atoms with Crippen LogP contribution in [0.1, 0.15) is 21.5 Å². The van der Waals surface area contributed by atoms with Crippen LogP contribution < -0.4 is 9.64 Å². The van der Waals surface area contributed by atoms with Crippen LogP contribution in [0, 0.1) is 6.92 Å². The number of ether oxygens (including phenoxy) is 1. The van der Waals surface area contributed by atoms with Gasteiger partial charge in [-0.05, 0) is 24.1 Å². The lowest BCUT2D eigenvalue weighted by molar-refractivity contribution is 0.111. The second kappa shape index (κ2) is 6.24. The number of carbonyl (C=O) groups excluding carboxylic acids is 1. The monoisotopic (exact) mass is 269 g/mol. The first kappa shape index (κ1) is 14.1. The Balaban J connectivity index is 2.25. The number of aryl methyl sites for hydroxylation is 1. The highest BCUT2D eigenvalue weighted by atomic mass is 16.5. The highest BCUT2D eigenvalue weighted by Gasteiger charge is 2.09. The van der Waals surface area contributed by atoms with Gasteiger partial charge in [-0.25, -0.2) is 0 Å². The Hall–Kier alpha value is -2.29. The molecule has 0 heterocycles. The third kappa shape index (κ3) is 3.18. The first-order chi connectivity index (χ1) is 9.61. The molecule has 0 aliphatic rings. The van der Waals surface area contributed by atoms with Gasteiger partial charge in [0, 0.05) is 25.8 Å². The third-order valence-electron chi connectivity index (χ3n) is 3.17. The maximum atomic E-state index is 11.2. The minimum atomic E-state index is 0.456. The lowest BCUT2D eigenvalue weighted by atomic mass is 10.1. The lowest BCUT2D eigenvalue weighted by Gasteiger charge is -2.18. The molecule has 104 valence electrons. The van der Waals surface area contributed by atoms with Gasteiger partial charge in [0.25, 0.3) is 0 Å². The van der Waals surface area contributed by atoms with Gasteiger partial charge in [0.2, 0.25) is 0 Å². The summed E-state index contributed by atoms with van der Waals surface area (Å²) in [5.74, 6) is 0.623. The lowest BCUT2D eigenvalue weighted by Crippen LogP contribution is -2.11. The molecule has 0 aliphatic heterocycles. The smallest absolute Gasteiger partial charge is 0.153 e. The van der Waals surface area contributed by atoms with E-state index in [4.69, 9.17) is 4.74 Å². The zero-order valence-corrected chi connectivity index (χ0v) is 12.1. The number of anilines is 1. The minimum Gasteiger partial charge on any atom is -0.488 e. The Kier molecular flexibility index (Phi) is 4.41. The standard InChI is InChI=1S/C17H19NO2/c1-13-9-15(11-19)17(10-16(13)18(2)3)20-12-14-7-5-4-6-8-14/h4-11H,12H2,1-3H3. The van der Waals surface area contributed by atoms with E-state index in [1.807, 2.05) is 68.4 Å². The molecule has 2 rings (SSSR count). The fourth-order valence-electron chi connectivity index (χ4n) is 2.13. The van der Waals surface area contributed by atoms with E-state index in [0.717, 1.165) is 23.1 Å². The topological polar surface area (TPSA) is 29.5 Å². The highest BCUT2D eigenvalue weighted by molar-refractivity contribution is 5.82. The van der Waals surface area contributed by atoms with Crippen molar-refractivity contribution >= 4 is 12.0 Å². The third-order valence-corrected chi connectivity index (χ3v) is 3.17. The van der Waals surface area contributed by atoms with Crippen molar-refractivity contribution in [1.82, 2.24) is 0 Å². The van der Waals surface area contributed by atoms with Gasteiger partial charge in [-0.2, -0.15) is 0 Å². The summed E-state index contributed by atoms with van der Waals surface area (Å²) in [6.07, 6.45) is 0.840. The number of aldehydes is 1. The molecule has 2 aromatic rings. The summed E-state index contributed by atoms with van der Waals surface area (Å²) in [6.45, 7) is 2.45. The van der Waals surface area contributed by atoms with E-state index in [0.29, 0.717) is 17.9 Å². The predicted octanol–water partition coefficient (Wildman–Crippen LogP) is 3.45. The highest BCUT2D eigenvalue weighted by Crippen LogP contribution is 2.28. The van der Waals surface area contributed by atoms with E-state index in [1.165, 1.54) is 0 Å². The van der Waals surface area contributed by atoms with Crippen molar-refractivity contribution in [3.05, 3.63) is 59.2 Å². The van der Waals surface area contributed by atoms with Gasteiger partial charge in [0.05, 0.1) is 5.56 Å². The van der Waals surface area contributed by atoms with Crippen molar-refractivity contribution in [1.29, 1.82) is 0 Å². The van der Waals surface area contributed by atoms with Gasteiger partial charge in [0.15, 0.2) is 6.29 Å². The molecule has 0 N–H and O–H groups in total. The number of hydrogen-bond donors (Lipinski definition) is 0. The molecule has 3 nitrogen and oxygen atoms in total. The predicted molar refractivity (Wildman–Crippen MR) is 81.7 cm³/mol. The fourth-order valence-corrected chi connectivity index (χ4v) is 2.13. The van der Waals surface area contributed by atoms with Crippen LogP contribution in [-0.4, -0.2) is 20.4 Å². The van der Waals surface area contributed by atoms with E-state index >= 15 is 0 Å². The summed E-state index contributed by atoms with van der Waals surface area (Å²) >= 11 is 0. The van der Waals surface area contributed by atoms with Crippen LogP contribution in [-0.2, 0) is 6.61 Å². The molecule has 0 radical (unpaired) electrons. The van der Waals surface area contributed by atoms with Gasteiger partial charge >= 0.3 is 0 Å². The van der Waals surface area contributed by atoms with E-state index in [2.05, 4.69) is 0 Å². The first-order valence-electron chi connectivity index (χ1n) is 6.55. The summed E-state index contributed by atoms with van der Waals surface area (Å²) < 4.78 is 5.80. The number of benzene rings is 2. The summed E-state index contributed by atoms with van der Waals surface area (Å²) in [6, 6.07) is 13.7. The summed E-state index contributed by atoms with van der Waals surface area (Å²) in [5, 5.41) is 0. The van der Waals surface area contributed by atoms with E-state index in [9.17, 15) is 4.79 Å². The van der Waals surface area contributed by atoms with Crippen molar-refractivity contribution < 1.29 is 9.53 Å². The largest absolute Gasteiger partial charge is 0.488 e.